The minimum atomic E-state index is -2.74. The van der Waals surface area contributed by atoms with Gasteiger partial charge in [-0.3, -0.25) is 4.79 Å². The number of carbonyl (C=O) groups is 1. The first-order chi connectivity index (χ1) is 9.12. The van der Waals surface area contributed by atoms with E-state index in [2.05, 4.69) is 0 Å². The lowest BCUT2D eigenvalue weighted by Gasteiger charge is -2.09. The van der Waals surface area contributed by atoms with Crippen molar-refractivity contribution >= 4 is 5.78 Å². The first-order valence-corrected chi connectivity index (χ1v) is 6.22. The lowest BCUT2D eigenvalue weighted by atomic mass is 9.96. The third-order valence-corrected chi connectivity index (χ3v) is 4.13. The summed E-state index contributed by atoms with van der Waals surface area (Å²) >= 11 is 0. The third-order valence-electron chi connectivity index (χ3n) is 4.13. The van der Waals surface area contributed by atoms with E-state index in [0.29, 0.717) is 22.3 Å². The molecule has 2 aliphatic carbocycles. The zero-order valence-corrected chi connectivity index (χ0v) is 9.94. The molecule has 19 heavy (non-hydrogen) atoms. The summed E-state index contributed by atoms with van der Waals surface area (Å²) in [5, 5.41) is 0. The van der Waals surface area contributed by atoms with E-state index in [1.807, 2.05) is 0 Å². The molecule has 2 atom stereocenters. The van der Waals surface area contributed by atoms with Gasteiger partial charge < -0.3 is 0 Å². The topological polar surface area (TPSA) is 17.1 Å². The van der Waals surface area contributed by atoms with E-state index in [-0.39, 0.29) is 5.78 Å². The highest BCUT2D eigenvalue weighted by atomic mass is 19.3. The first kappa shape index (κ1) is 10.9. The zero-order valence-electron chi connectivity index (χ0n) is 9.94. The summed E-state index contributed by atoms with van der Waals surface area (Å²) < 4.78 is 28.1. The molecule has 3 heteroatoms. The van der Waals surface area contributed by atoms with Gasteiger partial charge in [0.1, 0.15) is 0 Å². The Labute approximate surface area is 108 Å². The van der Waals surface area contributed by atoms with Gasteiger partial charge in [0.15, 0.2) is 5.78 Å². The van der Waals surface area contributed by atoms with E-state index < -0.39 is 17.8 Å². The van der Waals surface area contributed by atoms with Crippen LogP contribution in [0.25, 0.3) is 0 Å². The van der Waals surface area contributed by atoms with Crippen molar-refractivity contribution in [2.75, 3.05) is 0 Å². The molecule has 0 bridgehead atoms. The molecule has 0 radical (unpaired) electrons. The van der Waals surface area contributed by atoms with E-state index in [1.54, 1.807) is 48.5 Å². The van der Waals surface area contributed by atoms with E-state index in [0.717, 1.165) is 0 Å². The molecule has 0 saturated heterocycles. The third kappa shape index (κ3) is 1.25. The summed E-state index contributed by atoms with van der Waals surface area (Å²) in [6.07, 6.45) is 0. The molecule has 2 aromatic rings. The molecule has 1 nitrogen and oxygen atoms in total. The Balaban J connectivity index is 2.05. The van der Waals surface area contributed by atoms with Crippen molar-refractivity contribution < 1.29 is 13.6 Å². The van der Waals surface area contributed by atoms with Crippen molar-refractivity contribution in [2.24, 2.45) is 0 Å². The molecule has 0 amide bonds. The first-order valence-electron chi connectivity index (χ1n) is 6.22. The van der Waals surface area contributed by atoms with Gasteiger partial charge in [0.25, 0.3) is 5.92 Å². The van der Waals surface area contributed by atoms with Gasteiger partial charge in [-0.05, 0) is 11.1 Å². The molecule has 1 saturated carbocycles. The van der Waals surface area contributed by atoms with Crippen molar-refractivity contribution in [3.05, 3.63) is 70.8 Å². The average Bonchev–Trinajstić information content (AvgIpc) is 3.02. The van der Waals surface area contributed by atoms with Crippen LogP contribution in [0.5, 0.6) is 0 Å². The molecule has 0 N–H and O–H groups in total. The number of hydrogen-bond donors (Lipinski definition) is 0. The molecule has 2 aliphatic rings. The van der Waals surface area contributed by atoms with Crippen LogP contribution in [-0.2, 0) is 0 Å². The molecule has 94 valence electrons. The Morgan fingerprint density at radius 1 is 0.789 bits per heavy atom. The second kappa shape index (κ2) is 3.29. The van der Waals surface area contributed by atoms with Crippen molar-refractivity contribution in [2.45, 2.75) is 17.8 Å². The fraction of sp³-hybridized carbons (Fsp3) is 0.188. The van der Waals surface area contributed by atoms with Gasteiger partial charge in [0, 0.05) is 11.1 Å². The Morgan fingerprint density at radius 2 is 1.21 bits per heavy atom. The number of fused-ring (bicyclic) bond motifs is 5. The van der Waals surface area contributed by atoms with E-state index >= 15 is 0 Å². The van der Waals surface area contributed by atoms with Gasteiger partial charge in [-0.15, -0.1) is 0 Å². The van der Waals surface area contributed by atoms with Crippen LogP contribution < -0.4 is 0 Å². The highest BCUT2D eigenvalue weighted by Gasteiger charge is 2.71. The molecule has 0 unspecified atom stereocenters. The quantitative estimate of drug-likeness (QED) is 0.701. The number of hydrogen-bond acceptors (Lipinski definition) is 1. The largest absolute Gasteiger partial charge is 0.289 e. The minimum absolute atomic E-state index is 0.144. The zero-order chi connectivity index (χ0) is 13.2. The monoisotopic (exact) mass is 256 g/mol. The van der Waals surface area contributed by atoms with Crippen LogP contribution in [-0.4, -0.2) is 11.7 Å². The van der Waals surface area contributed by atoms with E-state index in [4.69, 9.17) is 0 Å². The predicted molar refractivity (Wildman–Crippen MR) is 66.7 cm³/mol. The van der Waals surface area contributed by atoms with Gasteiger partial charge in [0.2, 0.25) is 0 Å². The molecule has 0 heterocycles. The van der Waals surface area contributed by atoms with Crippen molar-refractivity contribution in [1.82, 2.24) is 0 Å². The highest BCUT2D eigenvalue weighted by Crippen LogP contribution is 2.69. The van der Waals surface area contributed by atoms with Crippen LogP contribution in [0.1, 0.15) is 38.9 Å². The Hall–Kier alpha value is -2.03. The normalized spacial score (nSPS) is 25.9. The van der Waals surface area contributed by atoms with Crippen molar-refractivity contribution in [1.29, 1.82) is 0 Å². The maximum Gasteiger partial charge on any atom is 0.263 e. The van der Waals surface area contributed by atoms with Crippen molar-refractivity contribution in [3.63, 3.8) is 0 Å². The van der Waals surface area contributed by atoms with Gasteiger partial charge >= 0.3 is 0 Å². The van der Waals surface area contributed by atoms with Gasteiger partial charge in [-0.2, -0.15) is 0 Å². The van der Waals surface area contributed by atoms with Crippen LogP contribution in [0.2, 0.25) is 0 Å². The minimum Gasteiger partial charge on any atom is -0.289 e. The van der Waals surface area contributed by atoms with E-state index in [9.17, 15) is 13.6 Å². The molecular weight excluding hydrogens is 246 g/mol. The lowest BCUT2D eigenvalue weighted by molar-refractivity contribution is 0.0996. The standard InChI is InChI=1S/C16H10F2O/c17-16(18)13-9-5-1-3-7-11(9)15(19)12-8-4-2-6-10(12)14(13)16/h1-8,13-14H/t13-,14-/m1/s1. The average molecular weight is 256 g/mol. The summed E-state index contributed by atoms with van der Waals surface area (Å²) in [5.74, 6) is -4.59. The fourth-order valence-electron chi connectivity index (χ4n) is 3.20. The Bertz CT molecular complexity index is 648. The SMILES string of the molecule is O=C1c2ccccc2[C@@H]2[C@@H](c3ccccc31)C2(F)F. The number of alkyl halides is 2. The lowest BCUT2D eigenvalue weighted by Crippen LogP contribution is -2.09. The maximum absolute atomic E-state index is 14.1. The van der Waals surface area contributed by atoms with Crippen molar-refractivity contribution in [3.8, 4) is 0 Å². The molecule has 4 rings (SSSR count). The number of ketones is 1. The van der Waals surface area contributed by atoms with Gasteiger partial charge in [-0.25, -0.2) is 8.78 Å². The molecule has 2 aromatic carbocycles. The summed E-state index contributed by atoms with van der Waals surface area (Å²) in [6, 6.07) is 13.5. The Kier molecular flexibility index (Phi) is 1.88. The smallest absolute Gasteiger partial charge is 0.263 e. The molecular formula is C16H10F2O. The Morgan fingerprint density at radius 3 is 1.68 bits per heavy atom. The molecule has 0 spiro atoms. The van der Waals surface area contributed by atoms with Crippen LogP contribution in [0.3, 0.4) is 0 Å². The number of benzene rings is 2. The van der Waals surface area contributed by atoms with Gasteiger partial charge in [-0.1, -0.05) is 48.5 Å². The summed E-state index contributed by atoms with van der Waals surface area (Å²) in [4.78, 5) is 12.5. The molecule has 0 aliphatic heterocycles. The van der Waals surface area contributed by atoms with Gasteiger partial charge in [0.05, 0.1) is 11.8 Å². The van der Waals surface area contributed by atoms with Crippen LogP contribution in [0.15, 0.2) is 48.5 Å². The summed E-state index contributed by atoms with van der Waals surface area (Å²) in [7, 11) is 0. The highest BCUT2D eigenvalue weighted by molar-refractivity contribution is 6.12. The predicted octanol–water partition coefficient (Wildman–Crippen LogP) is 3.75. The van der Waals surface area contributed by atoms with Crippen LogP contribution in [0.4, 0.5) is 8.78 Å². The fourth-order valence-corrected chi connectivity index (χ4v) is 3.20. The molecule has 0 aromatic heterocycles. The number of halogens is 2. The molecule has 1 fully saturated rings. The second-order valence-corrected chi connectivity index (χ2v) is 5.13. The summed E-state index contributed by atoms with van der Waals surface area (Å²) in [5.41, 5.74) is 1.80. The van der Waals surface area contributed by atoms with Crippen LogP contribution in [0, 0.1) is 0 Å². The number of rotatable bonds is 0. The van der Waals surface area contributed by atoms with E-state index in [1.165, 1.54) is 0 Å². The number of carbonyl (C=O) groups excluding carboxylic acids is 1. The summed E-state index contributed by atoms with van der Waals surface area (Å²) in [6.45, 7) is 0. The van der Waals surface area contributed by atoms with Crippen LogP contribution >= 0.6 is 0 Å². The second-order valence-electron chi connectivity index (χ2n) is 5.13. The maximum atomic E-state index is 14.1.